The van der Waals surface area contributed by atoms with E-state index in [1.807, 2.05) is 215 Å². The first kappa shape index (κ1) is 47.5. The number of benzene rings is 10. The first-order valence-corrected chi connectivity index (χ1v) is 25.8. The molecule has 0 N–H and O–H groups in total. The predicted octanol–water partition coefficient (Wildman–Crippen LogP) is 16.8. The lowest BCUT2D eigenvalue weighted by Gasteiger charge is -2.22. The summed E-state index contributed by atoms with van der Waals surface area (Å²) in [5.74, 6) is 2.72. The molecule has 4 heterocycles. The molecule has 0 fully saturated rings. The Balaban J connectivity index is 1.07. The van der Waals surface area contributed by atoms with E-state index in [9.17, 15) is 5.26 Å². The van der Waals surface area contributed by atoms with Gasteiger partial charge in [-0.15, -0.1) is 0 Å². The van der Waals surface area contributed by atoms with Gasteiger partial charge in [0.1, 0.15) is 0 Å². The van der Waals surface area contributed by atoms with Gasteiger partial charge in [0.15, 0.2) is 34.9 Å². The van der Waals surface area contributed by atoms with Gasteiger partial charge < -0.3 is 9.13 Å². The van der Waals surface area contributed by atoms with Crippen LogP contribution in [0.2, 0.25) is 0 Å². The summed E-state index contributed by atoms with van der Waals surface area (Å²) in [6, 6.07) is 77.6. The molecule has 80 heavy (non-hydrogen) atoms. The quantitative estimate of drug-likeness (QED) is 0.142. The van der Waals surface area contributed by atoms with Gasteiger partial charge in [-0.1, -0.05) is 194 Å². The Bertz CT molecular complexity index is 4650. The molecule has 0 aliphatic carbocycles. The molecule has 0 aliphatic rings. The summed E-state index contributed by atoms with van der Waals surface area (Å²) in [7, 11) is 0. The standard InChI is InChI=1S/C68H40F3N9/c69-68(70,71)55-40-61(80-57-31-16-14-29-51(57)53-35-33-49(38-59(53)80)67-77-64(45-23-9-3-10-24-45)74-65(78-67)46-25-11-4-12-26-46)60(39-54(55)47-27-17-18-42(36-47)41-72)79-56-30-15-13-28-50(56)52-34-32-48(37-58(52)79)66-75-62(43-19-5-1-6-20-43)73-63(76-66)44-21-7-2-8-22-44/h1-40H. The average molecular weight is 1040 g/mol. The Hall–Kier alpha value is -10.9. The first-order chi connectivity index (χ1) is 39.2. The molecule has 0 radical (unpaired) electrons. The van der Waals surface area contributed by atoms with E-state index in [1.54, 1.807) is 24.3 Å². The van der Waals surface area contributed by atoms with Crippen LogP contribution < -0.4 is 0 Å². The fourth-order valence-electron chi connectivity index (χ4n) is 10.8. The third-order valence-electron chi connectivity index (χ3n) is 14.5. The summed E-state index contributed by atoms with van der Waals surface area (Å²) < 4.78 is 52.6. The van der Waals surface area contributed by atoms with Crippen LogP contribution in [0.4, 0.5) is 13.2 Å². The van der Waals surface area contributed by atoms with Crippen LogP contribution in [-0.4, -0.2) is 39.0 Å². The van der Waals surface area contributed by atoms with Crippen molar-refractivity contribution in [3.63, 3.8) is 0 Å². The van der Waals surface area contributed by atoms with Gasteiger partial charge in [-0.05, 0) is 59.7 Å². The fourth-order valence-corrected chi connectivity index (χ4v) is 10.8. The molecule has 378 valence electrons. The van der Waals surface area contributed by atoms with Gasteiger partial charge in [-0.25, -0.2) is 29.9 Å². The zero-order valence-corrected chi connectivity index (χ0v) is 42.3. The molecule has 0 saturated carbocycles. The van der Waals surface area contributed by atoms with Crippen molar-refractivity contribution in [2.75, 3.05) is 0 Å². The lowest BCUT2D eigenvalue weighted by Crippen LogP contribution is -2.12. The Morgan fingerprint density at radius 2 is 0.662 bits per heavy atom. The summed E-state index contributed by atoms with van der Waals surface area (Å²) >= 11 is 0. The molecule has 14 aromatic rings. The summed E-state index contributed by atoms with van der Waals surface area (Å²) in [4.78, 5) is 30.1. The van der Waals surface area contributed by atoms with E-state index in [1.165, 1.54) is 12.1 Å². The van der Waals surface area contributed by atoms with Gasteiger partial charge in [0.25, 0.3) is 0 Å². The van der Waals surface area contributed by atoms with Gasteiger partial charge in [0.05, 0.1) is 50.6 Å². The van der Waals surface area contributed by atoms with Gasteiger partial charge in [0, 0.05) is 54.9 Å². The molecule has 0 bridgehead atoms. The maximum absolute atomic E-state index is 16.2. The lowest BCUT2D eigenvalue weighted by atomic mass is 9.95. The van der Waals surface area contributed by atoms with Gasteiger partial charge >= 0.3 is 6.18 Å². The molecule has 10 aromatic carbocycles. The highest BCUT2D eigenvalue weighted by Crippen LogP contribution is 2.46. The molecular weight excluding hydrogens is 1000 g/mol. The van der Waals surface area contributed by atoms with Crippen molar-refractivity contribution in [3.8, 4) is 96.9 Å². The molecule has 12 heteroatoms. The second-order valence-corrected chi connectivity index (χ2v) is 19.3. The molecule has 0 unspecified atom stereocenters. The van der Waals surface area contributed by atoms with Crippen molar-refractivity contribution in [2.24, 2.45) is 0 Å². The predicted molar refractivity (Wildman–Crippen MR) is 310 cm³/mol. The highest BCUT2D eigenvalue weighted by molar-refractivity contribution is 6.13. The average Bonchev–Trinajstić information content (AvgIpc) is 3.89. The smallest absolute Gasteiger partial charge is 0.307 e. The number of hydrogen-bond acceptors (Lipinski definition) is 7. The van der Waals surface area contributed by atoms with Crippen LogP contribution in [0.5, 0.6) is 0 Å². The van der Waals surface area contributed by atoms with Crippen LogP contribution in [0.3, 0.4) is 0 Å². The van der Waals surface area contributed by atoms with Crippen LogP contribution in [0, 0.1) is 11.3 Å². The van der Waals surface area contributed by atoms with Crippen LogP contribution in [0.1, 0.15) is 11.1 Å². The zero-order valence-electron chi connectivity index (χ0n) is 42.3. The maximum atomic E-state index is 16.2. The minimum Gasteiger partial charge on any atom is -0.307 e. The molecule has 9 nitrogen and oxygen atoms in total. The molecule has 0 aliphatic heterocycles. The van der Waals surface area contributed by atoms with E-state index in [4.69, 9.17) is 29.9 Å². The number of hydrogen-bond donors (Lipinski definition) is 0. The number of para-hydroxylation sites is 2. The van der Waals surface area contributed by atoms with Crippen LogP contribution in [0.15, 0.2) is 243 Å². The maximum Gasteiger partial charge on any atom is 0.417 e. The molecular formula is C68H40F3N9. The van der Waals surface area contributed by atoms with Gasteiger partial charge in [-0.2, -0.15) is 18.4 Å². The number of fused-ring (bicyclic) bond motifs is 6. The minimum absolute atomic E-state index is 0.0959. The Kier molecular flexibility index (Phi) is 11.5. The number of aromatic nitrogens is 8. The second kappa shape index (κ2) is 19.3. The van der Waals surface area contributed by atoms with Crippen molar-refractivity contribution in [2.45, 2.75) is 6.18 Å². The van der Waals surface area contributed by atoms with E-state index >= 15 is 13.2 Å². The minimum atomic E-state index is -4.85. The van der Waals surface area contributed by atoms with Crippen molar-refractivity contribution >= 4 is 43.6 Å². The summed E-state index contributed by atoms with van der Waals surface area (Å²) in [5.41, 5.74) is 7.42. The number of nitriles is 1. The number of nitrogens with zero attached hydrogens (tertiary/aromatic N) is 9. The molecule has 14 rings (SSSR count). The molecule has 0 amide bonds. The number of rotatable bonds is 9. The van der Waals surface area contributed by atoms with E-state index in [0.29, 0.717) is 68.3 Å². The highest BCUT2D eigenvalue weighted by atomic mass is 19.4. The van der Waals surface area contributed by atoms with Crippen molar-refractivity contribution in [1.29, 1.82) is 5.26 Å². The molecule has 0 saturated heterocycles. The lowest BCUT2D eigenvalue weighted by molar-refractivity contribution is -0.137. The van der Waals surface area contributed by atoms with E-state index < -0.39 is 11.7 Å². The summed E-state index contributed by atoms with van der Waals surface area (Å²) in [6.07, 6.45) is -4.85. The third kappa shape index (κ3) is 8.37. The second-order valence-electron chi connectivity index (χ2n) is 19.3. The summed E-state index contributed by atoms with van der Waals surface area (Å²) in [6.45, 7) is 0. The monoisotopic (exact) mass is 1040 g/mol. The Morgan fingerprint density at radius 3 is 1.06 bits per heavy atom. The highest BCUT2D eigenvalue weighted by Gasteiger charge is 2.36. The topological polar surface area (TPSA) is 111 Å². The third-order valence-corrected chi connectivity index (χ3v) is 14.5. The van der Waals surface area contributed by atoms with Crippen molar-refractivity contribution in [3.05, 3.63) is 254 Å². The van der Waals surface area contributed by atoms with Crippen molar-refractivity contribution < 1.29 is 13.2 Å². The molecule has 4 aromatic heterocycles. The van der Waals surface area contributed by atoms with E-state index in [0.717, 1.165) is 49.3 Å². The number of halogens is 3. The molecule has 0 atom stereocenters. The Labute approximate surface area is 455 Å². The normalized spacial score (nSPS) is 11.7. The van der Waals surface area contributed by atoms with E-state index in [-0.39, 0.29) is 22.4 Å². The molecule has 0 spiro atoms. The zero-order chi connectivity index (χ0) is 53.9. The largest absolute Gasteiger partial charge is 0.417 e. The van der Waals surface area contributed by atoms with Crippen LogP contribution in [0.25, 0.3) is 134 Å². The van der Waals surface area contributed by atoms with Crippen LogP contribution in [-0.2, 0) is 6.18 Å². The van der Waals surface area contributed by atoms with Crippen molar-refractivity contribution in [1.82, 2.24) is 39.0 Å². The SMILES string of the molecule is N#Cc1cccc(-c2cc(-n3c4ccccc4c4ccc(-c5nc(-c6ccccc6)nc(-c6ccccc6)n5)cc43)c(-n3c4ccccc4c4ccc(-c5nc(-c6ccccc6)nc(-c6ccccc6)n5)cc43)cc2C(F)(F)F)c1. The summed E-state index contributed by atoms with van der Waals surface area (Å²) in [5, 5.41) is 13.4. The number of alkyl halides is 3. The Morgan fingerprint density at radius 1 is 0.312 bits per heavy atom. The van der Waals surface area contributed by atoms with E-state index in [2.05, 4.69) is 6.07 Å². The van der Waals surface area contributed by atoms with Crippen LogP contribution >= 0.6 is 0 Å². The first-order valence-electron chi connectivity index (χ1n) is 25.8. The van der Waals surface area contributed by atoms with Gasteiger partial charge in [-0.3, -0.25) is 0 Å². The van der Waals surface area contributed by atoms with Gasteiger partial charge in [0.2, 0.25) is 0 Å². The fraction of sp³-hybridized carbons (Fsp3) is 0.0147.